The highest BCUT2D eigenvalue weighted by molar-refractivity contribution is 5.95. The molecule has 0 radical (unpaired) electrons. The molecule has 8 heteroatoms. The van der Waals surface area contributed by atoms with E-state index in [0.717, 1.165) is 22.0 Å². The molecule has 0 unspecified atom stereocenters. The van der Waals surface area contributed by atoms with Gasteiger partial charge in [0.25, 0.3) is 5.56 Å². The first-order valence-electron chi connectivity index (χ1n) is 11.1. The van der Waals surface area contributed by atoms with Crippen molar-refractivity contribution in [2.45, 2.75) is 31.9 Å². The van der Waals surface area contributed by atoms with Gasteiger partial charge in [-0.15, -0.1) is 0 Å². The number of hydrogen-bond acceptors (Lipinski definition) is 5. The molecule has 1 amide bonds. The molecule has 2 aromatic carbocycles. The fourth-order valence-electron chi connectivity index (χ4n) is 4.44. The Balaban J connectivity index is 1.44. The number of amides is 1. The lowest BCUT2D eigenvalue weighted by Crippen LogP contribution is -2.46. The SMILES string of the molecule is Cn1ncc2cc(Nc3cccc4ccn(CC(=O)N5CCC(C)(O)CC5)c(=O)c34)ccc21. The molecule has 1 saturated heterocycles. The molecule has 4 aromatic rings. The van der Waals surface area contributed by atoms with Gasteiger partial charge in [-0.3, -0.25) is 14.3 Å². The van der Waals surface area contributed by atoms with Gasteiger partial charge in [0, 0.05) is 37.4 Å². The molecule has 1 aliphatic rings. The lowest BCUT2D eigenvalue weighted by atomic mass is 9.94. The highest BCUT2D eigenvalue weighted by Crippen LogP contribution is 2.26. The third kappa shape index (κ3) is 4.09. The van der Waals surface area contributed by atoms with Crippen LogP contribution in [0.3, 0.4) is 0 Å². The maximum Gasteiger partial charge on any atom is 0.261 e. The summed E-state index contributed by atoms with van der Waals surface area (Å²) in [6, 6.07) is 13.5. The maximum atomic E-state index is 13.4. The van der Waals surface area contributed by atoms with E-state index < -0.39 is 5.60 Å². The van der Waals surface area contributed by atoms with E-state index in [2.05, 4.69) is 10.4 Å². The van der Waals surface area contributed by atoms with Gasteiger partial charge in [-0.2, -0.15) is 5.10 Å². The van der Waals surface area contributed by atoms with Crippen molar-refractivity contribution >= 4 is 39.0 Å². The summed E-state index contributed by atoms with van der Waals surface area (Å²) in [5.41, 5.74) is 1.63. The van der Waals surface area contributed by atoms with Crippen LogP contribution in [0.25, 0.3) is 21.7 Å². The number of piperidine rings is 1. The largest absolute Gasteiger partial charge is 0.390 e. The number of nitrogens with one attached hydrogen (secondary N) is 1. The molecular formula is C25H27N5O3. The van der Waals surface area contributed by atoms with E-state index in [9.17, 15) is 14.7 Å². The van der Waals surface area contributed by atoms with Gasteiger partial charge in [-0.25, -0.2) is 0 Å². The molecular weight excluding hydrogens is 418 g/mol. The summed E-state index contributed by atoms with van der Waals surface area (Å²) in [4.78, 5) is 27.9. The number of pyridine rings is 1. The van der Waals surface area contributed by atoms with Crippen LogP contribution in [0.5, 0.6) is 0 Å². The van der Waals surface area contributed by atoms with Crippen LogP contribution in [0.1, 0.15) is 19.8 Å². The first kappa shape index (κ1) is 21.2. The average Bonchev–Trinajstić information content (AvgIpc) is 3.15. The van der Waals surface area contributed by atoms with Crippen molar-refractivity contribution < 1.29 is 9.90 Å². The standard InChI is InChI=1S/C25H27N5O3/c1-25(33)9-12-29(13-10-25)22(31)16-30-11-8-17-4-3-5-20(23(17)24(30)32)27-19-6-7-21-18(14-19)15-26-28(21)2/h3-8,11,14-15,27,33H,9-10,12-13,16H2,1-2H3. The Morgan fingerprint density at radius 2 is 1.94 bits per heavy atom. The van der Waals surface area contributed by atoms with Crippen LogP contribution in [0.4, 0.5) is 11.4 Å². The summed E-state index contributed by atoms with van der Waals surface area (Å²) in [6.07, 6.45) is 4.57. The first-order chi connectivity index (χ1) is 15.8. The third-order valence-corrected chi connectivity index (χ3v) is 6.53. The van der Waals surface area contributed by atoms with Crippen LogP contribution in [-0.2, 0) is 18.4 Å². The zero-order chi connectivity index (χ0) is 23.2. The Morgan fingerprint density at radius 3 is 2.73 bits per heavy atom. The molecule has 2 aromatic heterocycles. The van der Waals surface area contributed by atoms with Crippen LogP contribution in [-0.4, -0.2) is 49.0 Å². The number of aryl methyl sites for hydroxylation is 1. The van der Waals surface area contributed by atoms with Crippen molar-refractivity contribution in [2.75, 3.05) is 18.4 Å². The Kier molecular flexibility index (Phi) is 5.17. The number of anilines is 2. The molecule has 170 valence electrons. The lowest BCUT2D eigenvalue weighted by molar-refractivity contribution is -0.135. The van der Waals surface area contributed by atoms with Gasteiger partial charge in [-0.05, 0) is 55.5 Å². The summed E-state index contributed by atoms with van der Waals surface area (Å²) in [6.45, 7) is 2.77. The second kappa shape index (κ2) is 8.04. The highest BCUT2D eigenvalue weighted by Gasteiger charge is 2.29. The number of likely N-dealkylation sites (tertiary alicyclic amines) is 1. The van der Waals surface area contributed by atoms with Crippen LogP contribution >= 0.6 is 0 Å². The summed E-state index contributed by atoms with van der Waals surface area (Å²) in [7, 11) is 1.90. The van der Waals surface area contributed by atoms with Crippen LogP contribution in [0, 0.1) is 0 Å². The molecule has 2 N–H and O–H groups in total. The Labute approximate surface area is 191 Å². The van der Waals surface area contributed by atoms with E-state index in [-0.39, 0.29) is 18.0 Å². The number of hydrogen-bond donors (Lipinski definition) is 2. The van der Waals surface area contributed by atoms with Gasteiger partial charge in [0.1, 0.15) is 6.54 Å². The van der Waals surface area contributed by atoms with Gasteiger partial charge in [-0.1, -0.05) is 12.1 Å². The predicted octanol–water partition coefficient (Wildman–Crippen LogP) is 3.01. The van der Waals surface area contributed by atoms with E-state index in [1.807, 2.05) is 60.4 Å². The Morgan fingerprint density at radius 1 is 1.15 bits per heavy atom. The summed E-state index contributed by atoms with van der Waals surface area (Å²) in [5, 5.41) is 20.1. The molecule has 0 bridgehead atoms. The zero-order valence-electron chi connectivity index (χ0n) is 18.8. The molecule has 0 aliphatic carbocycles. The average molecular weight is 446 g/mol. The van der Waals surface area contributed by atoms with Gasteiger partial charge in [0.2, 0.25) is 5.91 Å². The van der Waals surface area contributed by atoms with E-state index >= 15 is 0 Å². The maximum absolute atomic E-state index is 13.4. The zero-order valence-corrected chi connectivity index (χ0v) is 18.8. The summed E-state index contributed by atoms with van der Waals surface area (Å²) < 4.78 is 3.28. The van der Waals surface area contributed by atoms with E-state index in [1.54, 1.807) is 18.0 Å². The minimum Gasteiger partial charge on any atom is -0.390 e. The second-order valence-electron chi connectivity index (χ2n) is 9.06. The molecule has 0 spiro atoms. The molecule has 3 heterocycles. The number of rotatable bonds is 4. The van der Waals surface area contributed by atoms with Gasteiger partial charge in [0.15, 0.2) is 0 Å². The minimum absolute atomic E-state index is 0.0209. The lowest BCUT2D eigenvalue weighted by Gasteiger charge is -2.35. The fraction of sp³-hybridized carbons (Fsp3) is 0.320. The number of carbonyl (C=O) groups is 1. The monoisotopic (exact) mass is 445 g/mol. The summed E-state index contributed by atoms with van der Waals surface area (Å²) >= 11 is 0. The van der Waals surface area contributed by atoms with Crippen molar-refractivity contribution in [2.24, 2.45) is 7.05 Å². The minimum atomic E-state index is -0.726. The van der Waals surface area contributed by atoms with Crippen molar-refractivity contribution in [3.8, 4) is 0 Å². The van der Waals surface area contributed by atoms with E-state index in [4.69, 9.17) is 0 Å². The van der Waals surface area contributed by atoms with Gasteiger partial charge in [0.05, 0.1) is 28.4 Å². The smallest absolute Gasteiger partial charge is 0.261 e. The highest BCUT2D eigenvalue weighted by atomic mass is 16.3. The number of aromatic nitrogens is 3. The topological polar surface area (TPSA) is 92.4 Å². The van der Waals surface area contributed by atoms with E-state index in [1.165, 1.54) is 4.57 Å². The van der Waals surface area contributed by atoms with Crippen molar-refractivity contribution in [3.63, 3.8) is 0 Å². The molecule has 8 nitrogen and oxygen atoms in total. The molecule has 0 atom stereocenters. The molecule has 5 rings (SSSR count). The van der Waals surface area contributed by atoms with Gasteiger partial charge < -0.3 is 19.9 Å². The normalized spacial score (nSPS) is 15.8. The third-order valence-electron chi connectivity index (χ3n) is 6.53. The number of nitrogens with zero attached hydrogens (tertiary/aromatic N) is 4. The molecule has 33 heavy (non-hydrogen) atoms. The predicted molar refractivity (Wildman–Crippen MR) is 129 cm³/mol. The Bertz CT molecular complexity index is 1410. The number of benzene rings is 2. The van der Waals surface area contributed by atoms with Crippen molar-refractivity contribution in [3.05, 3.63) is 65.2 Å². The van der Waals surface area contributed by atoms with Crippen LogP contribution in [0.15, 0.2) is 59.7 Å². The van der Waals surface area contributed by atoms with Gasteiger partial charge >= 0.3 is 0 Å². The molecule has 1 aliphatic heterocycles. The second-order valence-corrected chi connectivity index (χ2v) is 9.06. The van der Waals surface area contributed by atoms with Crippen LogP contribution in [0.2, 0.25) is 0 Å². The summed E-state index contributed by atoms with van der Waals surface area (Å²) in [5.74, 6) is -0.112. The number of aliphatic hydroxyl groups is 1. The van der Waals surface area contributed by atoms with Crippen molar-refractivity contribution in [1.29, 1.82) is 0 Å². The first-order valence-corrected chi connectivity index (χ1v) is 11.1. The Hall–Kier alpha value is -3.65. The van der Waals surface area contributed by atoms with Crippen LogP contribution < -0.4 is 10.9 Å². The quantitative estimate of drug-likeness (QED) is 0.504. The fourth-order valence-corrected chi connectivity index (χ4v) is 4.44. The van der Waals surface area contributed by atoms with Crippen molar-refractivity contribution in [1.82, 2.24) is 19.2 Å². The number of fused-ring (bicyclic) bond motifs is 2. The molecule has 0 saturated carbocycles. The van der Waals surface area contributed by atoms with E-state index in [0.29, 0.717) is 37.0 Å². The molecule has 1 fully saturated rings. The number of carbonyl (C=O) groups excluding carboxylic acids is 1.